The van der Waals surface area contributed by atoms with E-state index in [-0.39, 0.29) is 18.0 Å². The van der Waals surface area contributed by atoms with E-state index in [1.54, 1.807) is 0 Å². The van der Waals surface area contributed by atoms with Gasteiger partial charge in [0.2, 0.25) is 0 Å². The zero-order valence-electron chi connectivity index (χ0n) is 25.2. The van der Waals surface area contributed by atoms with Gasteiger partial charge in [0.25, 0.3) is 0 Å². The lowest BCUT2D eigenvalue weighted by Gasteiger charge is -2.61. The summed E-state index contributed by atoms with van der Waals surface area (Å²) in [6.07, 6.45) is 12.2. The summed E-state index contributed by atoms with van der Waals surface area (Å²) in [5.41, 5.74) is 1.85. The maximum absolute atomic E-state index is 12.6. The van der Waals surface area contributed by atoms with Crippen molar-refractivity contribution in [3.05, 3.63) is 35.9 Å². The Labute approximate surface area is 241 Å². The molecule has 1 aromatic carbocycles. The highest BCUT2D eigenvalue weighted by molar-refractivity contribution is 5.67. The number of nitrogens with one attached hydrogen (secondary N) is 1. The summed E-state index contributed by atoms with van der Waals surface area (Å²) < 4.78 is 19.5. The molecule has 1 aromatic rings. The average Bonchev–Trinajstić information content (AvgIpc) is 3.40. The van der Waals surface area contributed by atoms with Crippen LogP contribution in [0.5, 0.6) is 0 Å². The van der Waals surface area contributed by atoms with E-state index in [0.717, 1.165) is 49.2 Å². The molecule has 5 nitrogen and oxygen atoms in total. The molecule has 1 amide bonds. The third-order valence-electron chi connectivity index (χ3n) is 13.4. The van der Waals surface area contributed by atoms with Gasteiger partial charge in [-0.05, 0) is 110 Å². The Morgan fingerprint density at radius 3 is 2.52 bits per heavy atom. The predicted octanol–water partition coefficient (Wildman–Crippen LogP) is 7.73. The van der Waals surface area contributed by atoms with Crippen LogP contribution in [0.4, 0.5) is 4.79 Å². The number of carbonyl (C=O) groups excluding carboxylic acids is 1. The van der Waals surface area contributed by atoms with E-state index < -0.39 is 0 Å². The van der Waals surface area contributed by atoms with Gasteiger partial charge in [-0.2, -0.15) is 0 Å². The van der Waals surface area contributed by atoms with Crippen LogP contribution in [0.3, 0.4) is 0 Å². The molecular formula is C35H51NO4. The molecule has 5 heteroatoms. The van der Waals surface area contributed by atoms with Crippen LogP contribution in [0.25, 0.3) is 0 Å². The van der Waals surface area contributed by atoms with Crippen LogP contribution in [0.15, 0.2) is 30.3 Å². The second kappa shape index (κ2) is 10.0. The smallest absolute Gasteiger partial charge is 0.407 e. The molecule has 7 rings (SSSR count). The normalized spacial score (nSPS) is 49.5. The van der Waals surface area contributed by atoms with Gasteiger partial charge in [-0.3, -0.25) is 0 Å². The topological polar surface area (TPSA) is 56.8 Å². The molecule has 4 saturated carbocycles. The standard InChI is InChI=1S/C35H51NO4/c1-22-12-17-35(38-21-22)23(2)31-30(40-35)19-29-27-11-10-25-18-26(39-32(37)36-20-24-8-6-5-7-9-24)13-15-33(25,3)28(27)14-16-34(29,31)4/h5-9,22-23,25-31H,10-21H2,1-4H3,(H,36,37)/t22-,23-,25+,26-,27+,28-,29-,30-,31-,33-,34-,35+/m0/s1. The summed E-state index contributed by atoms with van der Waals surface area (Å²) in [5.74, 6) is 4.51. The van der Waals surface area contributed by atoms with E-state index in [0.29, 0.717) is 47.2 Å². The molecule has 0 bridgehead atoms. The zero-order valence-corrected chi connectivity index (χ0v) is 25.2. The van der Waals surface area contributed by atoms with Gasteiger partial charge in [0, 0.05) is 18.9 Å². The monoisotopic (exact) mass is 549 g/mol. The molecule has 2 aliphatic heterocycles. The molecule has 0 aromatic heterocycles. The Morgan fingerprint density at radius 2 is 1.75 bits per heavy atom. The number of benzene rings is 1. The quantitative estimate of drug-likeness (QED) is 0.419. The first-order valence-electron chi connectivity index (χ1n) is 16.5. The lowest BCUT2D eigenvalue weighted by molar-refractivity contribution is -0.273. The average molecular weight is 550 g/mol. The number of fused-ring (bicyclic) bond motifs is 7. The summed E-state index contributed by atoms with van der Waals surface area (Å²) >= 11 is 0. The van der Waals surface area contributed by atoms with Crippen molar-refractivity contribution >= 4 is 6.09 Å². The summed E-state index contributed by atoms with van der Waals surface area (Å²) in [6.45, 7) is 11.4. The Morgan fingerprint density at radius 1 is 0.950 bits per heavy atom. The summed E-state index contributed by atoms with van der Waals surface area (Å²) in [5, 5.41) is 2.97. The van der Waals surface area contributed by atoms with Crippen molar-refractivity contribution in [1.82, 2.24) is 5.32 Å². The summed E-state index contributed by atoms with van der Waals surface area (Å²) in [6, 6.07) is 10.1. The molecule has 0 unspecified atom stereocenters. The Bertz CT molecular complexity index is 1080. The summed E-state index contributed by atoms with van der Waals surface area (Å²) in [4.78, 5) is 12.6. The molecule has 6 fully saturated rings. The van der Waals surface area contributed by atoms with Crippen molar-refractivity contribution in [3.8, 4) is 0 Å². The first kappa shape index (κ1) is 27.3. The highest BCUT2D eigenvalue weighted by atomic mass is 16.7. The second-order valence-electron chi connectivity index (χ2n) is 15.3. The fourth-order valence-corrected chi connectivity index (χ4v) is 11.3. The molecule has 6 aliphatic rings. The van der Waals surface area contributed by atoms with Gasteiger partial charge >= 0.3 is 6.09 Å². The number of hydrogen-bond acceptors (Lipinski definition) is 4. The van der Waals surface area contributed by atoms with E-state index in [1.807, 2.05) is 30.3 Å². The number of carbonyl (C=O) groups is 1. The number of alkyl carbamates (subject to hydrolysis) is 1. The van der Waals surface area contributed by atoms with Crippen LogP contribution >= 0.6 is 0 Å². The van der Waals surface area contributed by atoms with E-state index in [4.69, 9.17) is 14.2 Å². The maximum atomic E-state index is 12.6. The molecule has 4 aliphatic carbocycles. The lowest BCUT2D eigenvalue weighted by atomic mass is 9.44. The van der Waals surface area contributed by atoms with Crippen LogP contribution < -0.4 is 5.32 Å². The minimum Gasteiger partial charge on any atom is -0.446 e. The molecule has 220 valence electrons. The number of hydrogen-bond donors (Lipinski definition) is 1. The zero-order chi connectivity index (χ0) is 27.7. The number of amides is 1. The predicted molar refractivity (Wildman–Crippen MR) is 155 cm³/mol. The van der Waals surface area contributed by atoms with Crippen molar-refractivity contribution < 1.29 is 19.0 Å². The maximum Gasteiger partial charge on any atom is 0.407 e. The Kier molecular flexibility index (Phi) is 6.82. The highest BCUT2D eigenvalue weighted by Crippen LogP contribution is 2.71. The fraction of sp³-hybridized carbons (Fsp3) is 0.800. The minimum atomic E-state index is -0.317. The van der Waals surface area contributed by atoms with Crippen molar-refractivity contribution in [3.63, 3.8) is 0 Å². The van der Waals surface area contributed by atoms with Crippen LogP contribution in [0.1, 0.15) is 97.5 Å². The van der Waals surface area contributed by atoms with Crippen LogP contribution in [0.2, 0.25) is 0 Å². The lowest BCUT2D eigenvalue weighted by Crippen LogP contribution is -2.55. The van der Waals surface area contributed by atoms with Crippen molar-refractivity contribution in [2.45, 2.75) is 116 Å². The van der Waals surface area contributed by atoms with Gasteiger partial charge in [-0.25, -0.2) is 4.79 Å². The van der Waals surface area contributed by atoms with E-state index in [2.05, 4.69) is 33.0 Å². The first-order chi connectivity index (χ1) is 19.2. The highest BCUT2D eigenvalue weighted by Gasteiger charge is 2.69. The van der Waals surface area contributed by atoms with Crippen molar-refractivity contribution in [1.29, 1.82) is 0 Å². The second-order valence-corrected chi connectivity index (χ2v) is 15.3. The third-order valence-corrected chi connectivity index (χ3v) is 13.4. The molecular weight excluding hydrogens is 498 g/mol. The molecule has 12 atom stereocenters. The van der Waals surface area contributed by atoms with Gasteiger partial charge in [-0.1, -0.05) is 58.0 Å². The number of rotatable bonds is 3. The van der Waals surface area contributed by atoms with E-state index in [9.17, 15) is 4.79 Å². The fourth-order valence-electron chi connectivity index (χ4n) is 11.3. The third kappa shape index (κ3) is 4.27. The summed E-state index contributed by atoms with van der Waals surface area (Å²) in [7, 11) is 0. The minimum absolute atomic E-state index is 0.0498. The molecule has 2 heterocycles. The first-order valence-corrected chi connectivity index (χ1v) is 16.5. The molecule has 2 saturated heterocycles. The SMILES string of the molecule is C[C@H]1CC[C@@]2(OC1)O[C@H]1C[C@H]3[C@@H]4CC[C@@H]5C[C@@H](OC(=O)NCc6ccccc6)CC[C@]5(C)[C@H]4CC[C@]3(C)[C@H]1[C@@H]2C. The molecule has 40 heavy (non-hydrogen) atoms. The van der Waals surface area contributed by atoms with E-state index in [1.165, 1.54) is 44.9 Å². The van der Waals surface area contributed by atoms with Gasteiger partial charge in [-0.15, -0.1) is 0 Å². The van der Waals surface area contributed by atoms with Gasteiger partial charge in [0.1, 0.15) is 6.10 Å². The van der Waals surface area contributed by atoms with Crippen LogP contribution in [0, 0.1) is 52.3 Å². The largest absolute Gasteiger partial charge is 0.446 e. The van der Waals surface area contributed by atoms with E-state index >= 15 is 0 Å². The van der Waals surface area contributed by atoms with Crippen LogP contribution in [-0.2, 0) is 20.8 Å². The molecule has 1 N–H and O–H groups in total. The Balaban J connectivity index is 0.994. The van der Waals surface area contributed by atoms with Gasteiger partial charge < -0.3 is 19.5 Å². The molecule has 1 spiro atoms. The van der Waals surface area contributed by atoms with Crippen LogP contribution in [-0.4, -0.2) is 30.7 Å². The van der Waals surface area contributed by atoms with Crippen molar-refractivity contribution in [2.75, 3.05) is 6.61 Å². The Hall–Kier alpha value is -1.59. The van der Waals surface area contributed by atoms with Gasteiger partial charge in [0.05, 0.1) is 12.7 Å². The van der Waals surface area contributed by atoms with Gasteiger partial charge in [0.15, 0.2) is 5.79 Å². The van der Waals surface area contributed by atoms with Crippen molar-refractivity contribution in [2.24, 2.45) is 52.3 Å². The molecule has 0 radical (unpaired) electrons. The number of ether oxygens (including phenoxy) is 3.